The Hall–Kier alpha value is -2.93. The van der Waals surface area contributed by atoms with Crippen molar-refractivity contribution >= 4 is 5.97 Å². The predicted octanol–water partition coefficient (Wildman–Crippen LogP) is 2.60. The molecule has 0 atom stereocenters. The summed E-state index contributed by atoms with van der Waals surface area (Å²) < 4.78 is 15.5. The van der Waals surface area contributed by atoms with E-state index >= 15 is 0 Å². The van der Waals surface area contributed by atoms with E-state index < -0.39 is 5.97 Å². The molecule has 0 fully saturated rings. The number of fused-ring (bicyclic) bond motifs is 1. The Balaban J connectivity index is 2.10. The molecule has 3 rings (SSSR count). The van der Waals surface area contributed by atoms with E-state index in [1.807, 2.05) is 30.3 Å². The third-order valence-electron chi connectivity index (χ3n) is 3.05. The molecule has 0 saturated carbocycles. The van der Waals surface area contributed by atoms with Crippen LogP contribution in [0.25, 0.3) is 0 Å². The number of hydrogen-bond donors (Lipinski definition) is 0. The van der Waals surface area contributed by atoms with Crippen molar-refractivity contribution in [1.82, 2.24) is 0 Å². The quantitative estimate of drug-likeness (QED) is 0.595. The van der Waals surface area contributed by atoms with Gasteiger partial charge < -0.3 is 14.2 Å². The third kappa shape index (κ3) is 2.54. The second kappa shape index (κ2) is 5.59. The normalized spacial score (nSPS) is 11.5. The summed E-state index contributed by atoms with van der Waals surface area (Å²) in [4.78, 5) is 11.9. The fourth-order valence-electron chi connectivity index (χ4n) is 2.03. The van der Waals surface area contributed by atoms with Gasteiger partial charge in [-0.05, 0) is 24.3 Å². The zero-order chi connectivity index (χ0) is 14.7. The molecule has 2 aromatic carbocycles. The van der Waals surface area contributed by atoms with E-state index in [1.54, 1.807) is 12.1 Å². The lowest BCUT2D eigenvalue weighted by Crippen LogP contribution is -2.04. The molecule has 0 N–H and O–H groups in total. The lowest BCUT2D eigenvalue weighted by molar-refractivity contribution is 0.0600. The van der Waals surface area contributed by atoms with E-state index in [-0.39, 0.29) is 6.79 Å². The summed E-state index contributed by atoms with van der Waals surface area (Å²) in [6, 6.07) is 12.8. The summed E-state index contributed by atoms with van der Waals surface area (Å²) in [5.74, 6) is 6.62. The first-order chi connectivity index (χ1) is 10.3. The molecule has 0 radical (unpaired) electrons. The van der Waals surface area contributed by atoms with E-state index in [1.165, 1.54) is 7.11 Å². The van der Waals surface area contributed by atoms with Crippen LogP contribution in [0, 0.1) is 11.8 Å². The van der Waals surface area contributed by atoms with Crippen LogP contribution >= 0.6 is 0 Å². The maximum absolute atomic E-state index is 11.9. The first-order valence-corrected chi connectivity index (χ1v) is 6.37. The molecule has 1 aliphatic rings. The van der Waals surface area contributed by atoms with Crippen LogP contribution in [0.4, 0.5) is 0 Å². The Bertz CT molecular complexity index is 739. The lowest BCUT2D eigenvalue weighted by atomic mass is 10.1. The monoisotopic (exact) mass is 280 g/mol. The van der Waals surface area contributed by atoms with Gasteiger partial charge in [0.2, 0.25) is 6.79 Å². The molecule has 1 heterocycles. The Morgan fingerprint density at radius 3 is 2.67 bits per heavy atom. The zero-order valence-electron chi connectivity index (χ0n) is 11.4. The highest BCUT2D eigenvalue weighted by molar-refractivity contribution is 5.94. The van der Waals surface area contributed by atoms with Gasteiger partial charge in [0, 0.05) is 5.56 Å². The molecule has 4 nitrogen and oxygen atoms in total. The number of rotatable bonds is 1. The standard InChI is InChI=1S/C17H12O4/c1-19-17(18)14-9-10-15-16(21-11-20-15)13(14)8-7-12-5-3-2-4-6-12/h2-6,9-10H,11H2,1H3. The van der Waals surface area contributed by atoms with Crippen LogP contribution in [0.5, 0.6) is 11.5 Å². The number of benzene rings is 2. The van der Waals surface area contributed by atoms with Gasteiger partial charge in [0.1, 0.15) is 0 Å². The highest BCUT2D eigenvalue weighted by Gasteiger charge is 2.23. The molecule has 0 amide bonds. The second-order valence-electron chi connectivity index (χ2n) is 4.33. The zero-order valence-corrected chi connectivity index (χ0v) is 11.4. The van der Waals surface area contributed by atoms with Crippen molar-refractivity contribution in [3.8, 4) is 23.3 Å². The molecule has 0 unspecified atom stereocenters. The minimum Gasteiger partial charge on any atom is -0.465 e. The minimum absolute atomic E-state index is 0.125. The van der Waals surface area contributed by atoms with Crippen LogP contribution in [0.15, 0.2) is 42.5 Å². The molecule has 4 heteroatoms. The third-order valence-corrected chi connectivity index (χ3v) is 3.05. The molecule has 0 bridgehead atoms. The average Bonchev–Trinajstić information content (AvgIpc) is 3.01. The summed E-state index contributed by atoms with van der Waals surface area (Å²) in [5, 5.41) is 0. The highest BCUT2D eigenvalue weighted by Crippen LogP contribution is 2.37. The maximum atomic E-state index is 11.9. The van der Waals surface area contributed by atoms with Crippen molar-refractivity contribution in [1.29, 1.82) is 0 Å². The Labute approximate surface area is 122 Å². The molecule has 0 aromatic heterocycles. The van der Waals surface area contributed by atoms with Gasteiger partial charge in [-0.2, -0.15) is 0 Å². The van der Waals surface area contributed by atoms with E-state index in [9.17, 15) is 4.79 Å². The number of esters is 1. The van der Waals surface area contributed by atoms with Gasteiger partial charge in [0.25, 0.3) is 0 Å². The number of methoxy groups -OCH3 is 1. The topological polar surface area (TPSA) is 44.8 Å². The van der Waals surface area contributed by atoms with Gasteiger partial charge in [0.05, 0.1) is 18.2 Å². The van der Waals surface area contributed by atoms with Crippen molar-refractivity contribution in [3.63, 3.8) is 0 Å². The molecule has 104 valence electrons. The lowest BCUT2D eigenvalue weighted by Gasteiger charge is -2.05. The van der Waals surface area contributed by atoms with Crippen molar-refractivity contribution in [2.45, 2.75) is 0 Å². The maximum Gasteiger partial charge on any atom is 0.339 e. The first kappa shape index (κ1) is 13.1. The summed E-state index contributed by atoms with van der Waals surface area (Å²) in [5.41, 5.74) is 1.70. The van der Waals surface area contributed by atoms with Gasteiger partial charge >= 0.3 is 5.97 Å². The molecule has 21 heavy (non-hydrogen) atoms. The van der Waals surface area contributed by atoms with Crippen LogP contribution in [-0.2, 0) is 4.74 Å². The van der Waals surface area contributed by atoms with Crippen LogP contribution < -0.4 is 9.47 Å². The van der Waals surface area contributed by atoms with Gasteiger partial charge in [-0.15, -0.1) is 0 Å². The van der Waals surface area contributed by atoms with Crippen LogP contribution in [0.2, 0.25) is 0 Å². The Kier molecular flexibility index (Phi) is 3.48. The van der Waals surface area contributed by atoms with E-state index in [4.69, 9.17) is 14.2 Å². The average molecular weight is 280 g/mol. The van der Waals surface area contributed by atoms with Crippen LogP contribution in [0.3, 0.4) is 0 Å². The molecule has 0 saturated heterocycles. The van der Waals surface area contributed by atoms with E-state index in [0.29, 0.717) is 22.6 Å². The molecule has 2 aromatic rings. The highest BCUT2D eigenvalue weighted by atomic mass is 16.7. The smallest absolute Gasteiger partial charge is 0.339 e. The molecule has 1 aliphatic heterocycles. The number of carbonyl (C=O) groups is 1. The Morgan fingerprint density at radius 1 is 1.10 bits per heavy atom. The summed E-state index contributed by atoms with van der Waals surface area (Å²) in [7, 11) is 1.33. The van der Waals surface area contributed by atoms with Crippen molar-refractivity contribution in [2.24, 2.45) is 0 Å². The molecular formula is C17H12O4. The van der Waals surface area contributed by atoms with E-state index in [2.05, 4.69) is 11.8 Å². The number of hydrogen-bond acceptors (Lipinski definition) is 4. The molecule has 0 spiro atoms. The number of ether oxygens (including phenoxy) is 3. The largest absolute Gasteiger partial charge is 0.465 e. The summed E-state index contributed by atoms with van der Waals surface area (Å²) in [6.07, 6.45) is 0. The molecule has 0 aliphatic carbocycles. The van der Waals surface area contributed by atoms with Crippen molar-refractivity contribution in [2.75, 3.05) is 13.9 Å². The summed E-state index contributed by atoms with van der Waals surface area (Å²) >= 11 is 0. The SMILES string of the molecule is COC(=O)c1ccc2c(c1C#Cc1ccccc1)OCO2. The van der Waals surface area contributed by atoms with Crippen molar-refractivity contribution in [3.05, 3.63) is 59.2 Å². The first-order valence-electron chi connectivity index (χ1n) is 6.37. The van der Waals surface area contributed by atoms with Gasteiger partial charge in [0.15, 0.2) is 11.5 Å². The fourth-order valence-corrected chi connectivity index (χ4v) is 2.03. The van der Waals surface area contributed by atoms with Gasteiger partial charge in [-0.3, -0.25) is 0 Å². The van der Waals surface area contributed by atoms with Crippen LogP contribution in [-0.4, -0.2) is 19.9 Å². The molecular weight excluding hydrogens is 268 g/mol. The fraction of sp³-hybridized carbons (Fsp3) is 0.118. The minimum atomic E-state index is -0.453. The second-order valence-corrected chi connectivity index (χ2v) is 4.33. The summed E-state index contributed by atoms with van der Waals surface area (Å²) in [6.45, 7) is 0.125. The predicted molar refractivity (Wildman–Crippen MR) is 76.3 cm³/mol. The van der Waals surface area contributed by atoms with E-state index in [0.717, 1.165) is 5.56 Å². The van der Waals surface area contributed by atoms with Crippen molar-refractivity contribution < 1.29 is 19.0 Å². The Morgan fingerprint density at radius 2 is 1.90 bits per heavy atom. The number of carbonyl (C=O) groups excluding carboxylic acids is 1. The van der Waals surface area contributed by atoms with Gasteiger partial charge in [-0.25, -0.2) is 4.79 Å². The van der Waals surface area contributed by atoms with Gasteiger partial charge in [-0.1, -0.05) is 30.0 Å². The van der Waals surface area contributed by atoms with Crippen LogP contribution in [0.1, 0.15) is 21.5 Å².